The second-order valence-electron chi connectivity index (χ2n) is 6.38. The summed E-state index contributed by atoms with van der Waals surface area (Å²) >= 11 is 0. The molecular weight excluding hydrogens is 238 g/mol. The van der Waals surface area contributed by atoms with Crippen LogP contribution in [0.5, 0.6) is 0 Å². The van der Waals surface area contributed by atoms with Gasteiger partial charge < -0.3 is 10.6 Å². The minimum absolute atomic E-state index is 0.0593. The minimum Gasteiger partial charge on any atom is -0.387 e. The van der Waals surface area contributed by atoms with E-state index in [4.69, 9.17) is 0 Å². The summed E-state index contributed by atoms with van der Waals surface area (Å²) in [7, 11) is 1.80. The molecule has 0 atom stereocenters. The SMILES string of the molecule is CNc1ccncc1C(=O)NCC1C(C)(C)C1(C)C. The van der Waals surface area contributed by atoms with Crippen LogP contribution in [-0.2, 0) is 0 Å². The van der Waals surface area contributed by atoms with Gasteiger partial charge >= 0.3 is 0 Å². The predicted octanol–water partition coefficient (Wildman–Crippen LogP) is 2.54. The number of rotatable bonds is 4. The van der Waals surface area contributed by atoms with Crippen molar-refractivity contribution in [3.05, 3.63) is 24.0 Å². The highest BCUT2D eigenvalue weighted by molar-refractivity contribution is 5.99. The Kier molecular flexibility index (Phi) is 3.29. The fourth-order valence-electron chi connectivity index (χ4n) is 2.93. The molecule has 19 heavy (non-hydrogen) atoms. The van der Waals surface area contributed by atoms with Crippen molar-refractivity contribution >= 4 is 11.6 Å². The molecule has 0 aromatic carbocycles. The van der Waals surface area contributed by atoms with Crippen molar-refractivity contribution in [3.63, 3.8) is 0 Å². The van der Waals surface area contributed by atoms with Gasteiger partial charge in [-0.2, -0.15) is 0 Å². The highest BCUT2D eigenvalue weighted by Gasteiger charge is 2.64. The quantitative estimate of drug-likeness (QED) is 0.875. The van der Waals surface area contributed by atoms with Crippen molar-refractivity contribution in [2.24, 2.45) is 16.7 Å². The molecule has 2 N–H and O–H groups in total. The molecule has 1 aromatic rings. The van der Waals surface area contributed by atoms with Gasteiger partial charge in [-0.1, -0.05) is 27.7 Å². The van der Waals surface area contributed by atoms with Gasteiger partial charge in [-0.05, 0) is 22.8 Å². The number of nitrogens with one attached hydrogen (secondary N) is 2. The fourth-order valence-corrected chi connectivity index (χ4v) is 2.93. The summed E-state index contributed by atoms with van der Waals surface area (Å²) < 4.78 is 0. The number of carbonyl (C=O) groups is 1. The Bertz CT molecular complexity index is 480. The van der Waals surface area contributed by atoms with Crippen LogP contribution in [0.4, 0.5) is 5.69 Å². The van der Waals surface area contributed by atoms with Crippen LogP contribution in [0.2, 0.25) is 0 Å². The first-order valence-electron chi connectivity index (χ1n) is 6.72. The normalized spacial score (nSPS) is 19.8. The van der Waals surface area contributed by atoms with Crippen LogP contribution < -0.4 is 10.6 Å². The van der Waals surface area contributed by atoms with E-state index in [1.807, 2.05) is 0 Å². The number of anilines is 1. The molecule has 0 radical (unpaired) electrons. The zero-order chi connectivity index (χ0) is 14.3. The molecule has 2 rings (SSSR count). The molecular formula is C15H23N3O. The summed E-state index contributed by atoms with van der Waals surface area (Å²) in [5.74, 6) is 0.467. The number of carbonyl (C=O) groups excluding carboxylic acids is 1. The lowest BCUT2D eigenvalue weighted by atomic mass is 10.0. The topological polar surface area (TPSA) is 54.0 Å². The van der Waals surface area contributed by atoms with Gasteiger partial charge in [-0.15, -0.1) is 0 Å². The van der Waals surface area contributed by atoms with Gasteiger partial charge in [-0.25, -0.2) is 0 Å². The van der Waals surface area contributed by atoms with Crippen LogP contribution in [0, 0.1) is 16.7 Å². The standard InChI is InChI=1S/C15H23N3O/c1-14(2)12(15(14,3)4)9-18-13(19)10-8-17-7-6-11(10)16-5/h6-8,12H,9H2,1-5H3,(H,16,17)(H,18,19). The summed E-state index contributed by atoms with van der Waals surface area (Å²) in [5.41, 5.74) is 1.99. The molecule has 0 bridgehead atoms. The first-order valence-corrected chi connectivity index (χ1v) is 6.72. The number of amides is 1. The second-order valence-corrected chi connectivity index (χ2v) is 6.38. The number of hydrogen-bond donors (Lipinski definition) is 2. The van der Waals surface area contributed by atoms with E-state index in [-0.39, 0.29) is 5.91 Å². The van der Waals surface area contributed by atoms with Crippen LogP contribution in [0.3, 0.4) is 0 Å². The van der Waals surface area contributed by atoms with Crippen LogP contribution in [0.15, 0.2) is 18.5 Å². The van der Waals surface area contributed by atoms with Crippen molar-refractivity contribution in [3.8, 4) is 0 Å². The van der Waals surface area contributed by atoms with E-state index in [2.05, 4.69) is 43.3 Å². The van der Waals surface area contributed by atoms with E-state index < -0.39 is 0 Å². The van der Waals surface area contributed by atoms with Crippen LogP contribution in [-0.4, -0.2) is 24.5 Å². The molecule has 0 saturated heterocycles. The lowest BCUT2D eigenvalue weighted by Gasteiger charge is -2.09. The largest absolute Gasteiger partial charge is 0.387 e. The van der Waals surface area contributed by atoms with Crippen molar-refractivity contribution in [1.29, 1.82) is 0 Å². The minimum atomic E-state index is -0.0593. The maximum absolute atomic E-state index is 12.2. The Morgan fingerprint density at radius 2 is 1.95 bits per heavy atom. The van der Waals surface area contributed by atoms with Crippen LogP contribution in [0.1, 0.15) is 38.1 Å². The molecule has 4 nitrogen and oxygen atoms in total. The Labute approximate surface area is 115 Å². The maximum Gasteiger partial charge on any atom is 0.254 e. The third-order valence-corrected chi connectivity index (χ3v) is 5.12. The molecule has 104 valence electrons. The van der Waals surface area contributed by atoms with Crippen molar-refractivity contribution in [2.75, 3.05) is 18.9 Å². The van der Waals surface area contributed by atoms with Crippen molar-refractivity contribution < 1.29 is 4.79 Å². The highest BCUT2D eigenvalue weighted by atomic mass is 16.1. The van der Waals surface area contributed by atoms with Gasteiger partial charge in [0.15, 0.2) is 0 Å². The predicted molar refractivity (Wildman–Crippen MR) is 77.2 cm³/mol. The van der Waals surface area contributed by atoms with Crippen molar-refractivity contribution in [2.45, 2.75) is 27.7 Å². The van der Waals surface area contributed by atoms with Gasteiger partial charge in [0.2, 0.25) is 0 Å². The molecule has 1 saturated carbocycles. The average molecular weight is 261 g/mol. The Morgan fingerprint density at radius 3 is 2.47 bits per heavy atom. The first kappa shape index (κ1) is 13.8. The average Bonchev–Trinajstić information content (AvgIpc) is 2.76. The molecule has 1 fully saturated rings. The molecule has 0 aliphatic heterocycles. The lowest BCUT2D eigenvalue weighted by molar-refractivity contribution is 0.0950. The van der Waals surface area contributed by atoms with E-state index in [0.717, 1.165) is 12.2 Å². The fraction of sp³-hybridized carbons (Fsp3) is 0.600. The number of aromatic nitrogens is 1. The molecule has 1 aliphatic carbocycles. The number of nitrogens with zero attached hydrogens (tertiary/aromatic N) is 1. The van der Waals surface area contributed by atoms with E-state index in [1.165, 1.54) is 0 Å². The summed E-state index contributed by atoms with van der Waals surface area (Å²) in [6.45, 7) is 9.75. The Hall–Kier alpha value is -1.58. The molecule has 1 heterocycles. The first-order chi connectivity index (χ1) is 8.82. The maximum atomic E-state index is 12.2. The zero-order valence-corrected chi connectivity index (χ0v) is 12.4. The third-order valence-electron chi connectivity index (χ3n) is 5.12. The van der Waals surface area contributed by atoms with E-state index in [9.17, 15) is 4.79 Å². The Morgan fingerprint density at radius 1 is 1.32 bits per heavy atom. The van der Waals surface area contributed by atoms with Gasteiger partial charge in [0.25, 0.3) is 5.91 Å². The highest BCUT2D eigenvalue weighted by Crippen LogP contribution is 2.67. The zero-order valence-electron chi connectivity index (χ0n) is 12.4. The van der Waals surface area contributed by atoms with Gasteiger partial charge in [0.05, 0.1) is 5.56 Å². The molecule has 4 heteroatoms. The van der Waals surface area contributed by atoms with Gasteiger partial charge in [-0.3, -0.25) is 9.78 Å². The molecule has 0 unspecified atom stereocenters. The Balaban J connectivity index is 2.00. The van der Waals surface area contributed by atoms with Crippen LogP contribution in [0.25, 0.3) is 0 Å². The molecule has 1 aliphatic rings. The van der Waals surface area contributed by atoms with Crippen molar-refractivity contribution in [1.82, 2.24) is 10.3 Å². The van der Waals surface area contributed by atoms with E-state index >= 15 is 0 Å². The number of hydrogen-bond acceptors (Lipinski definition) is 3. The summed E-state index contributed by atoms with van der Waals surface area (Å²) in [4.78, 5) is 16.2. The smallest absolute Gasteiger partial charge is 0.254 e. The third kappa shape index (κ3) is 2.20. The van der Waals surface area contributed by atoms with Crippen LogP contribution >= 0.6 is 0 Å². The lowest BCUT2D eigenvalue weighted by Crippen LogP contribution is -2.27. The number of pyridine rings is 1. The van der Waals surface area contributed by atoms with E-state index in [1.54, 1.807) is 25.5 Å². The molecule has 1 amide bonds. The van der Waals surface area contributed by atoms with Gasteiger partial charge in [0.1, 0.15) is 0 Å². The second kappa shape index (κ2) is 4.51. The summed E-state index contributed by atoms with van der Waals surface area (Å²) in [5, 5.41) is 6.04. The van der Waals surface area contributed by atoms with E-state index in [0.29, 0.717) is 22.3 Å². The summed E-state index contributed by atoms with van der Waals surface area (Å²) in [6.07, 6.45) is 3.28. The molecule has 0 spiro atoms. The monoisotopic (exact) mass is 261 g/mol. The molecule has 1 aromatic heterocycles. The van der Waals surface area contributed by atoms with Gasteiger partial charge in [0, 0.05) is 31.7 Å². The summed E-state index contributed by atoms with van der Waals surface area (Å²) in [6, 6.07) is 1.81.